The molecule has 0 saturated heterocycles. The van der Waals surface area contributed by atoms with Crippen LogP contribution in [0.4, 0.5) is 0 Å². The number of nitrogens with zero attached hydrogens (tertiary/aromatic N) is 1. The Hall–Kier alpha value is -0.700. The molecule has 9 heavy (non-hydrogen) atoms. The van der Waals surface area contributed by atoms with Crippen LogP contribution in [-0.4, -0.2) is 10.1 Å². The third kappa shape index (κ3) is 1.16. The highest BCUT2D eigenvalue weighted by molar-refractivity contribution is 7.80. The molecule has 1 N–H and O–H groups in total. The summed E-state index contributed by atoms with van der Waals surface area (Å²) in [6, 6.07) is 1.73. The van der Waals surface area contributed by atoms with Gasteiger partial charge in [0.05, 0.1) is 0 Å². The molecule has 1 aromatic rings. The van der Waals surface area contributed by atoms with Crippen molar-refractivity contribution in [3.8, 4) is 5.75 Å². The summed E-state index contributed by atoms with van der Waals surface area (Å²) in [5, 5.41) is 9.45. The van der Waals surface area contributed by atoms with Gasteiger partial charge in [0, 0.05) is 6.20 Å². The Labute approximate surface area is 59.0 Å². The molecule has 0 amide bonds. The van der Waals surface area contributed by atoms with Crippen molar-refractivity contribution in [1.82, 2.24) is 4.98 Å². The Balaban J connectivity index is 3.25. The lowest BCUT2D eigenvalue weighted by Crippen LogP contribution is -1.79. The van der Waals surface area contributed by atoms with Gasteiger partial charge >= 0.3 is 0 Å². The molecule has 0 aromatic carbocycles. The predicted molar refractivity (Wildman–Crippen MR) is 37.9 cm³/mol. The topological polar surface area (TPSA) is 33.1 Å². The van der Waals surface area contributed by atoms with Crippen molar-refractivity contribution in [2.75, 3.05) is 0 Å². The Kier molecular flexibility index (Phi) is 1.62. The molecule has 0 atom stereocenters. The summed E-state index contributed by atoms with van der Waals surface area (Å²) in [4.78, 5) is 3.75. The van der Waals surface area contributed by atoms with Gasteiger partial charge in [-0.15, -0.1) is 12.6 Å². The summed E-state index contributed by atoms with van der Waals surface area (Å²) in [6.07, 6.45) is 1.61. The predicted octanol–water partition coefficient (Wildman–Crippen LogP) is 1.38. The van der Waals surface area contributed by atoms with Gasteiger partial charge in [0.1, 0.15) is 10.8 Å². The van der Waals surface area contributed by atoms with E-state index in [4.69, 9.17) is 5.11 Å². The smallest absolute Gasteiger partial charge is 0.150 e. The number of thiol groups is 1. The van der Waals surface area contributed by atoms with Gasteiger partial charge in [-0.3, -0.25) is 0 Å². The molecule has 1 rings (SSSR count). The molecule has 0 aliphatic rings. The van der Waals surface area contributed by atoms with E-state index < -0.39 is 0 Å². The molecule has 0 aliphatic heterocycles. The Morgan fingerprint density at radius 2 is 2.33 bits per heavy atom. The summed E-state index contributed by atoms with van der Waals surface area (Å²) in [7, 11) is 0. The van der Waals surface area contributed by atoms with Crippen LogP contribution in [0, 0.1) is 6.92 Å². The second-order valence-corrected chi connectivity index (χ2v) is 2.22. The van der Waals surface area contributed by atoms with Gasteiger partial charge in [0.2, 0.25) is 0 Å². The van der Waals surface area contributed by atoms with Crippen molar-refractivity contribution >= 4 is 12.6 Å². The van der Waals surface area contributed by atoms with Crippen LogP contribution in [0.2, 0.25) is 0 Å². The van der Waals surface area contributed by atoms with E-state index in [9.17, 15) is 0 Å². The lowest BCUT2D eigenvalue weighted by molar-refractivity contribution is 0.452. The van der Waals surface area contributed by atoms with E-state index >= 15 is 0 Å². The summed E-state index contributed by atoms with van der Waals surface area (Å²) < 4.78 is 0. The fourth-order valence-electron chi connectivity index (χ4n) is 0.536. The summed E-state index contributed by atoms with van der Waals surface area (Å²) in [6.45, 7) is 1.80. The minimum Gasteiger partial charge on any atom is -0.505 e. The fourth-order valence-corrected chi connectivity index (χ4v) is 0.779. The average Bonchev–Trinajstić information content (AvgIpc) is 1.83. The first-order chi connectivity index (χ1) is 4.22. The molecule has 0 unspecified atom stereocenters. The molecule has 48 valence electrons. The minimum atomic E-state index is 0.167. The van der Waals surface area contributed by atoms with Crippen LogP contribution in [0.3, 0.4) is 0 Å². The quantitative estimate of drug-likeness (QED) is 0.535. The lowest BCUT2D eigenvalue weighted by atomic mass is 10.3. The molecular formula is C6H7NOS. The third-order valence-electron chi connectivity index (χ3n) is 1.11. The van der Waals surface area contributed by atoms with Crippen molar-refractivity contribution in [2.45, 2.75) is 11.9 Å². The van der Waals surface area contributed by atoms with Crippen LogP contribution in [0.25, 0.3) is 0 Å². The molecule has 0 aliphatic carbocycles. The Morgan fingerprint density at radius 3 is 2.78 bits per heavy atom. The zero-order chi connectivity index (χ0) is 6.85. The van der Waals surface area contributed by atoms with E-state index in [1.54, 1.807) is 19.2 Å². The van der Waals surface area contributed by atoms with E-state index in [1.165, 1.54) is 0 Å². The van der Waals surface area contributed by atoms with Gasteiger partial charge in [-0.1, -0.05) is 0 Å². The molecule has 1 aromatic heterocycles. The van der Waals surface area contributed by atoms with Gasteiger partial charge < -0.3 is 5.11 Å². The van der Waals surface area contributed by atoms with Gasteiger partial charge in [0.25, 0.3) is 0 Å². The molecule has 0 bridgehead atoms. The van der Waals surface area contributed by atoms with Crippen LogP contribution in [0.15, 0.2) is 17.3 Å². The molecule has 1 heterocycles. The number of aromatic nitrogens is 1. The first-order valence-corrected chi connectivity index (χ1v) is 3.00. The molecule has 0 fully saturated rings. The standard InChI is InChI=1S/C6H7NOS/c1-4-2-3-7-6(9)5(4)8/h2-3,8H,1H3,(H,7,9). The highest BCUT2D eigenvalue weighted by Crippen LogP contribution is 2.21. The second kappa shape index (κ2) is 2.27. The maximum absolute atomic E-state index is 9.07. The minimum absolute atomic E-state index is 0.167. The summed E-state index contributed by atoms with van der Waals surface area (Å²) >= 11 is 3.91. The van der Waals surface area contributed by atoms with Crippen molar-refractivity contribution in [1.29, 1.82) is 0 Å². The van der Waals surface area contributed by atoms with Crippen LogP contribution in [-0.2, 0) is 0 Å². The van der Waals surface area contributed by atoms with Crippen LogP contribution < -0.4 is 0 Å². The van der Waals surface area contributed by atoms with Crippen molar-refractivity contribution in [3.05, 3.63) is 17.8 Å². The largest absolute Gasteiger partial charge is 0.505 e. The van der Waals surface area contributed by atoms with Gasteiger partial charge in [-0.05, 0) is 18.6 Å². The monoisotopic (exact) mass is 141 g/mol. The Morgan fingerprint density at radius 1 is 1.67 bits per heavy atom. The fraction of sp³-hybridized carbons (Fsp3) is 0.167. The summed E-state index contributed by atoms with van der Waals surface area (Å²) in [5.41, 5.74) is 0.801. The molecule has 2 nitrogen and oxygen atoms in total. The molecular weight excluding hydrogens is 134 g/mol. The second-order valence-electron chi connectivity index (χ2n) is 1.80. The molecule has 0 radical (unpaired) electrons. The van der Waals surface area contributed by atoms with Gasteiger partial charge in [0.15, 0.2) is 0 Å². The van der Waals surface area contributed by atoms with Gasteiger partial charge in [-0.2, -0.15) is 0 Å². The number of rotatable bonds is 0. The van der Waals surface area contributed by atoms with Crippen molar-refractivity contribution in [2.24, 2.45) is 0 Å². The van der Waals surface area contributed by atoms with E-state index in [2.05, 4.69) is 17.6 Å². The van der Waals surface area contributed by atoms with E-state index in [0.29, 0.717) is 5.03 Å². The SMILES string of the molecule is Cc1ccnc(S)c1O. The normalized spacial score (nSPS) is 9.56. The van der Waals surface area contributed by atoms with Gasteiger partial charge in [-0.25, -0.2) is 4.98 Å². The molecule has 3 heteroatoms. The molecule has 0 spiro atoms. The highest BCUT2D eigenvalue weighted by Gasteiger charge is 1.97. The molecule has 0 saturated carbocycles. The van der Waals surface area contributed by atoms with E-state index in [-0.39, 0.29) is 5.75 Å². The number of hydrogen-bond acceptors (Lipinski definition) is 3. The zero-order valence-corrected chi connectivity index (χ0v) is 5.89. The first-order valence-electron chi connectivity index (χ1n) is 2.55. The number of hydrogen-bond donors (Lipinski definition) is 2. The summed E-state index contributed by atoms with van der Waals surface area (Å²) in [5.74, 6) is 0.167. The van der Waals surface area contributed by atoms with E-state index in [1.807, 2.05) is 0 Å². The maximum Gasteiger partial charge on any atom is 0.150 e. The maximum atomic E-state index is 9.07. The third-order valence-corrected chi connectivity index (χ3v) is 1.43. The number of aryl methyl sites for hydroxylation is 1. The average molecular weight is 141 g/mol. The van der Waals surface area contributed by atoms with Crippen molar-refractivity contribution < 1.29 is 5.11 Å². The first kappa shape index (κ1) is 6.42. The zero-order valence-electron chi connectivity index (χ0n) is 5.00. The highest BCUT2D eigenvalue weighted by atomic mass is 32.1. The van der Waals surface area contributed by atoms with Crippen molar-refractivity contribution in [3.63, 3.8) is 0 Å². The van der Waals surface area contributed by atoms with Crippen LogP contribution in [0.5, 0.6) is 5.75 Å². The number of aromatic hydroxyl groups is 1. The number of pyridine rings is 1. The van der Waals surface area contributed by atoms with Crippen LogP contribution in [0.1, 0.15) is 5.56 Å². The van der Waals surface area contributed by atoms with E-state index in [0.717, 1.165) is 5.56 Å². The Bertz CT molecular complexity index is 204. The van der Waals surface area contributed by atoms with Crippen LogP contribution >= 0.6 is 12.6 Å². The lowest BCUT2D eigenvalue weighted by Gasteiger charge is -1.97.